The van der Waals surface area contributed by atoms with Crippen LogP contribution in [-0.2, 0) is 4.74 Å². The van der Waals surface area contributed by atoms with E-state index in [1.807, 2.05) is 31.2 Å². The highest BCUT2D eigenvalue weighted by Crippen LogP contribution is 2.16. The lowest BCUT2D eigenvalue weighted by molar-refractivity contribution is 0.122. The van der Waals surface area contributed by atoms with Crippen LogP contribution in [0.2, 0.25) is 0 Å². The summed E-state index contributed by atoms with van der Waals surface area (Å²) in [6.45, 7) is 4.90. The van der Waals surface area contributed by atoms with Crippen LogP contribution >= 0.6 is 0 Å². The SMILES string of the molecule is Cc1cccc(NC(=O)Nc2cc(N3CCOCC3)ncn2)c1. The van der Waals surface area contributed by atoms with Gasteiger partial charge in [-0.1, -0.05) is 12.1 Å². The lowest BCUT2D eigenvalue weighted by atomic mass is 10.2. The minimum absolute atomic E-state index is 0.331. The highest BCUT2D eigenvalue weighted by molar-refractivity contribution is 5.99. The number of urea groups is 1. The van der Waals surface area contributed by atoms with Crippen molar-refractivity contribution in [2.75, 3.05) is 41.8 Å². The van der Waals surface area contributed by atoms with Crippen molar-refractivity contribution in [2.24, 2.45) is 0 Å². The van der Waals surface area contributed by atoms with Gasteiger partial charge < -0.3 is 15.0 Å². The minimum Gasteiger partial charge on any atom is -0.378 e. The first-order valence-corrected chi connectivity index (χ1v) is 7.50. The van der Waals surface area contributed by atoms with Crippen molar-refractivity contribution in [3.63, 3.8) is 0 Å². The minimum atomic E-state index is -0.331. The standard InChI is InChI=1S/C16H19N5O2/c1-12-3-2-4-13(9-12)19-16(22)20-14-10-15(18-11-17-14)21-5-7-23-8-6-21/h2-4,9-11H,5-8H2,1H3,(H2,17,18,19,20,22). The van der Waals surface area contributed by atoms with Gasteiger partial charge in [0.1, 0.15) is 18.0 Å². The number of carbonyl (C=O) groups excluding carboxylic acids is 1. The predicted molar refractivity (Wildman–Crippen MR) is 88.9 cm³/mol. The second kappa shape index (κ2) is 7.06. The number of anilines is 3. The van der Waals surface area contributed by atoms with Crippen molar-refractivity contribution in [3.8, 4) is 0 Å². The Morgan fingerprint density at radius 2 is 2.00 bits per heavy atom. The normalized spacial score (nSPS) is 14.4. The number of carbonyl (C=O) groups is 1. The Balaban J connectivity index is 1.64. The summed E-state index contributed by atoms with van der Waals surface area (Å²) in [5.74, 6) is 1.25. The average molecular weight is 313 g/mol. The molecule has 0 radical (unpaired) electrons. The number of aromatic nitrogens is 2. The van der Waals surface area contributed by atoms with E-state index in [1.165, 1.54) is 6.33 Å². The van der Waals surface area contributed by atoms with Crippen molar-refractivity contribution in [1.82, 2.24) is 9.97 Å². The van der Waals surface area contributed by atoms with Crippen LogP contribution in [0.5, 0.6) is 0 Å². The third kappa shape index (κ3) is 4.17. The van der Waals surface area contributed by atoms with E-state index in [0.29, 0.717) is 19.0 Å². The van der Waals surface area contributed by atoms with Crippen molar-refractivity contribution in [1.29, 1.82) is 0 Å². The summed E-state index contributed by atoms with van der Waals surface area (Å²) in [5.41, 5.74) is 1.82. The predicted octanol–water partition coefficient (Wildman–Crippen LogP) is 2.27. The van der Waals surface area contributed by atoms with E-state index in [2.05, 4.69) is 25.5 Å². The summed E-state index contributed by atoms with van der Waals surface area (Å²) in [5, 5.41) is 5.52. The molecule has 3 rings (SSSR count). The van der Waals surface area contributed by atoms with Gasteiger partial charge in [0.25, 0.3) is 0 Å². The number of aryl methyl sites for hydroxylation is 1. The maximum absolute atomic E-state index is 12.1. The average Bonchev–Trinajstić information content (AvgIpc) is 2.56. The number of rotatable bonds is 3. The fourth-order valence-corrected chi connectivity index (χ4v) is 2.38. The maximum Gasteiger partial charge on any atom is 0.324 e. The molecule has 2 N–H and O–H groups in total. The highest BCUT2D eigenvalue weighted by atomic mass is 16.5. The molecule has 120 valence electrons. The number of nitrogens with one attached hydrogen (secondary N) is 2. The van der Waals surface area contributed by atoms with Crippen LogP contribution in [0.15, 0.2) is 36.7 Å². The zero-order valence-corrected chi connectivity index (χ0v) is 13.0. The van der Waals surface area contributed by atoms with E-state index in [9.17, 15) is 4.79 Å². The topological polar surface area (TPSA) is 79.4 Å². The largest absolute Gasteiger partial charge is 0.378 e. The first-order chi connectivity index (χ1) is 11.2. The quantitative estimate of drug-likeness (QED) is 0.908. The monoisotopic (exact) mass is 313 g/mol. The van der Waals surface area contributed by atoms with Crippen molar-refractivity contribution < 1.29 is 9.53 Å². The Hall–Kier alpha value is -2.67. The van der Waals surface area contributed by atoms with Crippen molar-refractivity contribution >= 4 is 23.4 Å². The third-order valence-corrected chi connectivity index (χ3v) is 3.51. The van der Waals surface area contributed by atoms with Gasteiger partial charge in [0.2, 0.25) is 0 Å². The molecule has 23 heavy (non-hydrogen) atoms. The molecule has 1 aliphatic rings. The first kappa shape index (κ1) is 15.2. The smallest absolute Gasteiger partial charge is 0.324 e. The van der Waals surface area contributed by atoms with E-state index in [-0.39, 0.29) is 6.03 Å². The fraction of sp³-hybridized carbons (Fsp3) is 0.312. The third-order valence-electron chi connectivity index (χ3n) is 3.51. The molecule has 0 spiro atoms. The Bertz CT molecular complexity index is 686. The second-order valence-corrected chi connectivity index (χ2v) is 5.31. The van der Waals surface area contributed by atoms with Crippen LogP contribution in [-0.4, -0.2) is 42.3 Å². The van der Waals surface area contributed by atoms with Gasteiger partial charge >= 0.3 is 6.03 Å². The molecule has 7 nitrogen and oxygen atoms in total. The van der Waals surface area contributed by atoms with E-state index in [1.54, 1.807) is 6.07 Å². The number of hydrogen-bond donors (Lipinski definition) is 2. The molecule has 2 heterocycles. The van der Waals surface area contributed by atoms with Gasteiger partial charge in [-0.25, -0.2) is 14.8 Å². The Morgan fingerprint density at radius 3 is 2.78 bits per heavy atom. The van der Waals surface area contributed by atoms with Crippen LogP contribution in [0.3, 0.4) is 0 Å². The molecule has 2 aromatic rings. The van der Waals surface area contributed by atoms with Gasteiger partial charge in [-0.05, 0) is 24.6 Å². The van der Waals surface area contributed by atoms with Gasteiger partial charge in [0.05, 0.1) is 13.2 Å². The van der Waals surface area contributed by atoms with Crippen LogP contribution in [0.1, 0.15) is 5.56 Å². The summed E-state index contributed by atoms with van der Waals surface area (Å²) in [7, 11) is 0. The van der Waals surface area contributed by atoms with Crippen LogP contribution in [0.25, 0.3) is 0 Å². The number of ether oxygens (including phenoxy) is 1. The summed E-state index contributed by atoms with van der Waals surface area (Å²) in [6, 6.07) is 9.04. The molecular formula is C16H19N5O2. The Kier molecular flexibility index (Phi) is 4.68. The highest BCUT2D eigenvalue weighted by Gasteiger charge is 2.13. The molecule has 7 heteroatoms. The molecule has 0 saturated carbocycles. The van der Waals surface area contributed by atoms with Crippen molar-refractivity contribution in [2.45, 2.75) is 6.92 Å². The number of benzene rings is 1. The van der Waals surface area contributed by atoms with Gasteiger partial charge in [0, 0.05) is 24.8 Å². The molecule has 1 aromatic carbocycles. The molecule has 0 aliphatic carbocycles. The molecule has 0 unspecified atom stereocenters. The first-order valence-electron chi connectivity index (χ1n) is 7.50. The lowest BCUT2D eigenvalue weighted by Gasteiger charge is -2.27. The van der Waals surface area contributed by atoms with E-state index in [4.69, 9.17) is 4.74 Å². The Labute approximate surface area is 134 Å². The van der Waals surface area contributed by atoms with Gasteiger partial charge in [-0.2, -0.15) is 0 Å². The molecule has 1 saturated heterocycles. The van der Waals surface area contributed by atoms with Crippen LogP contribution in [0.4, 0.5) is 22.1 Å². The maximum atomic E-state index is 12.1. The second-order valence-electron chi connectivity index (χ2n) is 5.31. The number of morpholine rings is 1. The van der Waals surface area contributed by atoms with Crippen LogP contribution in [0, 0.1) is 6.92 Å². The summed E-state index contributed by atoms with van der Waals surface area (Å²) in [6.07, 6.45) is 1.45. The zero-order chi connectivity index (χ0) is 16.1. The zero-order valence-electron chi connectivity index (χ0n) is 13.0. The summed E-state index contributed by atoms with van der Waals surface area (Å²) < 4.78 is 5.33. The molecule has 0 atom stereocenters. The molecule has 0 bridgehead atoms. The Morgan fingerprint density at radius 1 is 1.17 bits per heavy atom. The van der Waals surface area contributed by atoms with E-state index < -0.39 is 0 Å². The molecule has 2 amide bonds. The molecule has 1 fully saturated rings. The van der Waals surface area contributed by atoms with Gasteiger partial charge in [-0.15, -0.1) is 0 Å². The fourth-order valence-electron chi connectivity index (χ4n) is 2.38. The van der Waals surface area contributed by atoms with Crippen molar-refractivity contribution in [3.05, 3.63) is 42.2 Å². The summed E-state index contributed by atoms with van der Waals surface area (Å²) >= 11 is 0. The van der Waals surface area contributed by atoms with Gasteiger partial charge in [-0.3, -0.25) is 5.32 Å². The molecule has 1 aromatic heterocycles. The summed E-state index contributed by atoms with van der Waals surface area (Å²) in [4.78, 5) is 22.5. The van der Waals surface area contributed by atoms with E-state index >= 15 is 0 Å². The molecule has 1 aliphatic heterocycles. The van der Waals surface area contributed by atoms with E-state index in [0.717, 1.165) is 30.2 Å². The van der Waals surface area contributed by atoms with Gasteiger partial charge in [0.15, 0.2) is 0 Å². The lowest BCUT2D eigenvalue weighted by Crippen LogP contribution is -2.36. The molecular weight excluding hydrogens is 294 g/mol. The van der Waals surface area contributed by atoms with Crippen LogP contribution < -0.4 is 15.5 Å². The number of amides is 2. The number of nitrogens with zero attached hydrogens (tertiary/aromatic N) is 3. The number of hydrogen-bond acceptors (Lipinski definition) is 5.